The summed E-state index contributed by atoms with van der Waals surface area (Å²) in [7, 11) is 0. The molecular weight excluding hydrogens is 348 g/mol. The molecule has 7 heteroatoms. The monoisotopic (exact) mass is 388 g/mol. The van der Waals surface area contributed by atoms with E-state index in [9.17, 15) is 9.59 Å². The van der Waals surface area contributed by atoms with Gasteiger partial charge in [-0.3, -0.25) is 9.59 Å². The van der Waals surface area contributed by atoms with Crippen molar-refractivity contribution in [1.82, 2.24) is 10.6 Å². The summed E-state index contributed by atoms with van der Waals surface area (Å²) in [4.78, 5) is 23.1. The lowest BCUT2D eigenvalue weighted by Crippen LogP contribution is -2.30. The summed E-state index contributed by atoms with van der Waals surface area (Å²) >= 11 is 0. The lowest BCUT2D eigenvalue weighted by atomic mass is 10.1. The normalized spacial score (nSPS) is 13.2. The fraction of sp³-hybridized carbons (Fsp3) is 0.900. The van der Waals surface area contributed by atoms with Gasteiger partial charge in [-0.25, -0.2) is 0 Å². The Bertz CT molecular complexity index is 345. The zero-order valence-corrected chi connectivity index (χ0v) is 17.7. The SMILES string of the molecule is CCC(C)C(=O)NCCCOCCOCCOCCCNC(=O)C(C)CC. The Morgan fingerprint density at radius 2 is 1.00 bits per heavy atom. The Kier molecular flexibility index (Phi) is 17.4. The van der Waals surface area contributed by atoms with E-state index in [1.807, 2.05) is 27.7 Å². The maximum Gasteiger partial charge on any atom is 0.222 e. The van der Waals surface area contributed by atoms with Crippen LogP contribution in [0.5, 0.6) is 0 Å². The molecule has 0 aromatic carbocycles. The third-order valence-electron chi connectivity index (χ3n) is 4.39. The Hall–Kier alpha value is -1.18. The first kappa shape index (κ1) is 25.8. The molecule has 160 valence electrons. The Morgan fingerprint density at radius 3 is 1.33 bits per heavy atom. The van der Waals surface area contributed by atoms with Gasteiger partial charge in [0.1, 0.15) is 0 Å². The van der Waals surface area contributed by atoms with E-state index in [0.717, 1.165) is 25.7 Å². The largest absolute Gasteiger partial charge is 0.379 e. The van der Waals surface area contributed by atoms with Crippen molar-refractivity contribution in [2.24, 2.45) is 11.8 Å². The first-order chi connectivity index (χ1) is 13.0. The second-order valence-electron chi connectivity index (χ2n) is 6.74. The molecule has 0 heterocycles. The Morgan fingerprint density at radius 1 is 0.667 bits per heavy atom. The number of nitrogens with one attached hydrogen (secondary N) is 2. The predicted octanol–water partition coefficient (Wildman–Crippen LogP) is 2.14. The number of rotatable bonds is 18. The van der Waals surface area contributed by atoms with Crippen LogP contribution in [-0.4, -0.2) is 64.5 Å². The molecule has 0 fully saturated rings. The van der Waals surface area contributed by atoms with E-state index in [0.29, 0.717) is 52.7 Å². The molecule has 0 saturated heterocycles. The molecule has 27 heavy (non-hydrogen) atoms. The lowest BCUT2D eigenvalue weighted by Gasteiger charge is -2.10. The Balaban J connectivity index is 3.21. The number of hydrogen-bond acceptors (Lipinski definition) is 5. The molecule has 2 atom stereocenters. The molecule has 2 N–H and O–H groups in total. The minimum atomic E-state index is 0.0741. The molecule has 0 aromatic heterocycles. The minimum Gasteiger partial charge on any atom is -0.379 e. The van der Waals surface area contributed by atoms with Crippen LogP contribution < -0.4 is 10.6 Å². The van der Waals surface area contributed by atoms with Crippen molar-refractivity contribution in [3.05, 3.63) is 0 Å². The second kappa shape index (κ2) is 18.2. The van der Waals surface area contributed by atoms with Crippen LogP contribution in [0.4, 0.5) is 0 Å². The average Bonchev–Trinajstić information content (AvgIpc) is 2.68. The summed E-state index contributed by atoms with van der Waals surface area (Å²) < 4.78 is 16.3. The van der Waals surface area contributed by atoms with E-state index in [4.69, 9.17) is 14.2 Å². The van der Waals surface area contributed by atoms with Crippen LogP contribution >= 0.6 is 0 Å². The molecule has 2 unspecified atom stereocenters. The zero-order valence-electron chi connectivity index (χ0n) is 17.7. The molecule has 0 bridgehead atoms. The molecular formula is C20H40N2O5. The van der Waals surface area contributed by atoms with Crippen LogP contribution in [0.2, 0.25) is 0 Å². The van der Waals surface area contributed by atoms with E-state index in [1.54, 1.807) is 0 Å². The third-order valence-corrected chi connectivity index (χ3v) is 4.39. The maximum atomic E-state index is 11.6. The van der Waals surface area contributed by atoms with E-state index >= 15 is 0 Å². The quantitative estimate of drug-likeness (QED) is 0.351. The summed E-state index contributed by atoms with van der Waals surface area (Å²) in [5.74, 6) is 0.368. The highest BCUT2D eigenvalue weighted by Gasteiger charge is 2.09. The van der Waals surface area contributed by atoms with Crippen LogP contribution in [0.15, 0.2) is 0 Å². The standard InChI is InChI=1S/C20H40N2O5/c1-5-17(3)19(23)21-9-7-11-25-13-15-27-16-14-26-12-8-10-22-20(24)18(4)6-2/h17-18H,5-16H2,1-4H3,(H,21,23)(H,22,24). The molecule has 0 aliphatic carbocycles. The molecule has 0 aliphatic heterocycles. The highest BCUT2D eigenvalue weighted by atomic mass is 16.5. The van der Waals surface area contributed by atoms with Gasteiger partial charge in [0.25, 0.3) is 0 Å². The summed E-state index contributed by atoms with van der Waals surface area (Å²) in [6.07, 6.45) is 3.33. The van der Waals surface area contributed by atoms with Crippen molar-refractivity contribution in [1.29, 1.82) is 0 Å². The average molecular weight is 389 g/mol. The molecule has 0 rings (SSSR count). The van der Waals surface area contributed by atoms with E-state index in [1.165, 1.54) is 0 Å². The van der Waals surface area contributed by atoms with Gasteiger partial charge in [-0.15, -0.1) is 0 Å². The van der Waals surface area contributed by atoms with Crippen LogP contribution in [0.1, 0.15) is 53.4 Å². The van der Waals surface area contributed by atoms with Gasteiger partial charge in [0.15, 0.2) is 0 Å². The number of carbonyl (C=O) groups excluding carboxylic acids is 2. The summed E-state index contributed by atoms with van der Waals surface area (Å²) in [5, 5.41) is 5.80. The minimum absolute atomic E-state index is 0.0741. The molecule has 0 spiro atoms. The van der Waals surface area contributed by atoms with E-state index in [-0.39, 0.29) is 23.7 Å². The summed E-state index contributed by atoms with van der Waals surface area (Å²) in [6, 6.07) is 0. The third kappa shape index (κ3) is 15.6. The molecule has 0 saturated carbocycles. The smallest absolute Gasteiger partial charge is 0.222 e. The molecule has 2 amide bonds. The van der Waals surface area contributed by atoms with Crippen LogP contribution in [-0.2, 0) is 23.8 Å². The van der Waals surface area contributed by atoms with Gasteiger partial charge in [0.2, 0.25) is 11.8 Å². The highest BCUT2D eigenvalue weighted by molar-refractivity contribution is 5.78. The molecule has 0 aromatic rings. The molecule has 0 radical (unpaired) electrons. The fourth-order valence-electron chi connectivity index (χ4n) is 2.03. The van der Waals surface area contributed by atoms with Gasteiger partial charge in [-0.1, -0.05) is 27.7 Å². The second-order valence-corrected chi connectivity index (χ2v) is 6.74. The van der Waals surface area contributed by atoms with Crippen molar-refractivity contribution in [3.63, 3.8) is 0 Å². The van der Waals surface area contributed by atoms with Crippen molar-refractivity contribution >= 4 is 11.8 Å². The van der Waals surface area contributed by atoms with Crippen LogP contribution in [0.3, 0.4) is 0 Å². The van der Waals surface area contributed by atoms with E-state index < -0.39 is 0 Å². The lowest BCUT2D eigenvalue weighted by molar-refractivity contribution is -0.125. The molecule has 0 aliphatic rings. The van der Waals surface area contributed by atoms with E-state index in [2.05, 4.69) is 10.6 Å². The van der Waals surface area contributed by atoms with Gasteiger partial charge >= 0.3 is 0 Å². The Labute approximate surface area is 164 Å². The maximum absolute atomic E-state index is 11.6. The number of amides is 2. The van der Waals surface area contributed by atoms with Gasteiger partial charge in [-0.2, -0.15) is 0 Å². The highest BCUT2D eigenvalue weighted by Crippen LogP contribution is 2.00. The van der Waals surface area contributed by atoms with Crippen LogP contribution in [0, 0.1) is 11.8 Å². The summed E-state index contributed by atoms with van der Waals surface area (Å²) in [6.45, 7) is 12.6. The summed E-state index contributed by atoms with van der Waals surface area (Å²) in [5.41, 5.74) is 0. The number of carbonyl (C=O) groups is 2. The van der Waals surface area contributed by atoms with Crippen LogP contribution in [0.25, 0.3) is 0 Å². The topological polar surface area (TPSA) is 85.9 Å². The van der Waals surface area contributed by atoms with Gasteiger partial charge < -0.3 is 24.8 Å². The van der Waals surface area contributed by atoms with Gasteiger partial charge in [0, 0.05) is 38.1 Å². The van der Waals surface area contributed by atoms with Crippen molar-refractivity contribution in [3.8, 4) is 0 Å². The van der Waals surface area contributed by atoms with Crippen molar-refractivity contribution < 1.29 is 23.8 Å². The first-order valence-corrected chi connectivity index (χ1v) is 10.3. The number of ether oxygens (including phenoxy) is 3. The molecule has 7 nitrogen and oxygen atoms in total. The van der Waals surface area contributed by atoms with Crippen molar-refractivity contribution in [2.45, 2.75) is 53.4 Å². The van der Waals surface area contributed by atoms with Crippen molar-refractivity contribution in [2.75, 3.05) is 52.7 Å². The zero-order chi connectivity index (χ0) is 20.3. The fourth-order valence-corrected chi connectivity index (χ4v) is 2.03. The number of hydrogen-bond donors (Lipinski definition) is 2. The van der Waals surface area contributed by atoms with Gasteiger partial charge in [0.05, 0.1) is 26.4 Å². The predicted molar refractivity (Wildman–Crippen MR) is 107 cm³/mol. The first-order valence-electron chi connectivity index (χ1n) is 10.3. The van der Waals surface area contributed by atoms with Gasteiger partial charge in [-0.05, 0) is 25.7 Å².